The van der Waals surface area contributed by atoms with Gasteiger partial charge in [-0.3, -0.25) is 4.79 Å². The van der Waals surface area contributed by atoms with Crippen LogP contribution in [0.15, 0.2) is 65.6 Å². The number of carbonyl (C=O) groups is 1. The molecular formula is C22H23N3O3S. The summed E-state index contributed by atoms with van der Waals surface area (Å²) in [5.74, 6) is 0.223. The lowest BCUT2D eigenvalue weighted by Gasteiger charge is -2.15. The molecule has 0 saturated heterocycles. The SMILES string of the molecule is C[C@@H](NC(=O)c1cc(C2CC2)nn1-c1ccccc1)c1ccc(S(C)(=O)=O)cc1. The number of nitrogens with zero attached hydrogens (tertiary/aromatic N) is 2. The van der Waals surface area contributed by atoms with Crippen LogP contribution in [-0.4, -0.2) is 30.4 Å². The lowest BCUT2D eigenvalue weighted by molar-refractivity contribution is 0.0932. The van der Waals surface area contributed by atoms with Crippen molar-refractivity contribution in [3.05, 3.63) is 77.6 Å². The number of sulfone groups is 1. The van der Waals surface area contributed by atoms with Crippen LogP contribution in [0.5, 0.6) is 0 Å². The Balaban J connectivity index is 1.58. The highest BCUT2D eigenvalue weighted by molar-refractivity contribution is 7.90. The highest BCUT2D eigenvalue weighted by Gasteiger charge is 2.29. The van der Waals surface area contributed by atoms with Gasteiger partial charge in [0.05, 0.1) is 22.3 Å². The minimum absolute atomic E-state index is 0.215. The Hall–Kier alpha value is -2.93. The lowest BCUT2D eigenvalue weighted by Crippen LogP contribution is -2.28. The van der Waals surface area contributed by atoms with Crippen molar-refractivity contribution >= 4 is 15.7 Å². The first-order valence-electron chi connectivity index (χ1n) is 9.59. The molecule has 2 aromatic carbocycles. The van der Waals surface area contributed by atoms with Gasteiger partial charge in [-0.1, -0.05) is 30.3 Å². The predicted molar refractivity (Wildman–Crippen MR) is 111 cm³/mol. The summed E-state index contributed by atoms with van der Waals surface area (Å²) >= 11 is 0. The molecule has 29 heavy (non-hydrogen) atoms. The van der Waals surface area contributed by atoms with E-state index in [1.807, 2.05) is 43.3 Å². The fourth-order valence-corrected chi connectivity index (χ4v) is 3.89. The summed E-state index contributed by atoms with van der Waals surface area (Å²) in [5, 5.41) is 7.68. The normalized spacial score (nSPS) is 15.1. The molecule has 0 spiro atoms. The molecule has 1 atom stereocenters. The van der Waals surface area contributed by atoms with Crippen molar-refractivity contribution in [3.8, 4) is 5.69 Å². The molecule has 6 nitrogen and oxygen atoms in total. The zero-order chi connectivity index (χ0) is 20.6. The third kappa shape index (κ3) is 4.24. The topological polar surface area (TPSA) is 81.1 Å². The Bertz CT molecular complexity index is 1130. The number of amides is 1. The molecule has 0 bridgehead atoms. The van der Waals surface area contributed by atoms with E-state index in [0.29, 0.717) is 11.6 Å². The number of para-hydroxylation sites is 1. The summed E-state index contributed by atoms with van der Waals surface area (Å²) in [6.45, 7) is 1.87. The maximum atomic E-state index is 13.0. The monoisotopic (exact) mass is 409 g/mol. The van der Waals surface area contributed by atoms with E-state index in [1.54, 1.807) is 28.9 Å². The number of nitrogens with one attached hydrogen (secondary N) is 1. The molecular weight excluding hydrogens is 386 g/mol. The van der Waals surface area contributed by atoms with Crippen LogP contribution in [0.2, 0.25) is 0 Å². The molecule has 1 aromatic heterocycles. The second kappa shape index (κ2) is 7.48. The molecule has 1 saturated carbocycles. The van der Waals surface area contributed by atoms with Gasteiger partial charge in [-0.2, -0.15) is 5.10 Å². The second-order valence-electron chi connectivity index (χ2n) is 7.51. The molecule has 1 fully saturated rings. The van der Waals surface area contributed by atoms with Gasteiger partial charge in [-0.25, -0.2) is 13.1 Å². The lowest BCUT2D eigenvalue weighted by atomic mass is 10.1. The number of benzene rings is 2. The third-order valence-corrected chi connectivity index (χ3v) is 6.24. The molecule has 0 aliphatic heterocycles. The van der Waals surface area contributed by atoms with Crippen molar-refractivity contribution in [2.75, 3.05) is 6.26 Å². The number of rotatable bonds is 6. The van der Waals surface area contributed by atoms with Gasteiger partial charge in [0.15, 0.2) is 9.84 Å². The Kier molecular flexibility index (Phi) is 5.00. The van der Waals surface area contributed by atoms with Crippen LogP contribution < -0.4 is 5.32 Å². The van der Waals surface area contributed by atoms with Crippen LogP contribution >= 0.6 is 0 Å². The summed E-state index contributed by atoms with van der Waals surface area (Å²) in [4.78, 5) is 13.3. The zero-order valence-electron chi connectivity index (χ0n) is 16.4. The van der Waals surface area contributed by atoms with Crippen LogP contribution in [0, 0.1) is 0 Å². The van der Waals surface area contributed by atoms with E-state index >= 15 is 0 Å². The molecule has 1 heterocycles. The van der Waals surface area contributed by atoms with Gasteiger partial charge in [-0.15, -0.1) is 0 Å². The van der Waals surface area contributed by atoms with Crippen molar-refractivity contribution in [2.45, 2.75) is 36.6 Å². The van der Waals surface area contributed by atoms with E-state index in [1.165, 1.54) is 6.26 Å². The molecule has 0 radical (unpaired) electrons. The maximum absolute atomic E-state index is 13.0. The van der Waals surface area contributed by atoms with Crippen molar-refractivity contribution in [3.63, 3.8) is 0 Å². The molecule has 4 rings (SSSR count). The summed E-state index contributed by atoms with van der Waals surface area (Å²) < 4.78 is 25.0. The Morgan fingerprint density at radius 3 is 2.34 bits per heavy atom. The van der Waals surface area contributed by atoms with Gasteiger partial charge in [0.2, 0.25) is 0 Å². The molecule has 1 N–H and O–H groups in total. The average molecular weight is 410 g/mol. The van der Waals surface area contributed by atoms with E-state index in [0.717, 1.165) is 29.8 Å². The third-order valence-electron chi connectivity index (χ3n) is 5.11. The van der Waals surface area contributed by atoms with Crippen molar-refractivity contribution in [1.82, 2.24) is 15.1 Å². The Labute approximate surface area is 170 Å². The fraction of sp³-hybridized carbons (Fsp3) is 0.273. The van der Waals surface area contributed by atoms with Gasteiger partial charge in [-0.05, 0) is 55.7 Å². The van der Waals surface area contributed by atoms with Crippen molar-refractivity contribution in [2.24, 2.45) is 0 Å². The summed E-state index contributed by atoms with van der Waals surface area (Å²) in [6.07, 6.45) is 3.39. The Morgan fingerprint density at radius 2 is 1.76 bits per heavy atom. The first-order chi connectivity index (χ1) is 13.8. The van der Waals surface area contributed by atoms with E-state index in [9.17, 15) is 13.2 Å². The van der Waals surface area contributed by atoms with E-state index < -0.39 is 9.84 Å². The first kappa shape index (κ1) is 19.4. The molecule has 0 unspecified atom stereocenters. The summed E-state index contributed by atoms with van der Waals surface area (Å²) in [7, 11) is -3.25. The second-order valence-corrected chi connectivity index (χ2v) is 9.53. The smallest absolute Gasteiger partial charge is 0.270 e. The van der Waals surface area contributed by atoms with Crippen molar-refractivity contribution in [1.29, 1.82) is 0 Å². The van der Waals surface area contributed by atoms with Gasteiger partial charge >= 0.3 is 0 Å². The first-order valence-corrected chi connectivity index (χ1v) is 11.5. The predicted octanol–water partition coefficient (Wildman–Crippen LogP) is 3.64. The Morgan fingerprint density at radius 1 is 1.10 bits per heavy atom. The average Bonchev–Trinajstić information content (AvgIpc) is 3.46. The molecule has 7 heteroatoms. The van der Waals surface area contributed by atoms with E-state index in [2.05, 4.69) is 10.4 Å². The van der Waals surface area contributed by atoms with Crippen LogP contribution in [0.3, 0.4) is 0 Å². The highest BCUT2D eigenvalue weighted by atomic mass is 32.2. The van der Waals surface area contributed by atoms with Crippen LogP contribution in [0.25, 0.3) is 5.69 Å². The molecule has 150 valence electrons. The summed E-state index contributed by atoms with van der Waals surface area (Å²) in [6, 6.07) is 17.8. The van der Waals surface area contributed by atoms with Gasteiger partial charge in [0.25, 0.3) is 5.91 Å². The minimum atomic E-state index is -3.25. The quantitative estimate of drug-likeness (QED) is 0.674. The number of hydrogen-bond acceptors (Lipinski definition) is 4. The van der Waals surface area contributed by atoms with Gasteiger partial charge in [0.1, 0.15) is 5.69 Å². The number of carbonyl (C=O) groups excluding carboxylic acids is 1. The number of hydrogen-bond donors (Lipinski definition) is 1. The van der Waals surface area contributed by atoms with Gasteiger partial charge in [0, 0.05) is 12.2 Å². The molecule has 1 aliphatic rings. The van der Waals surface area contributed by atoms with Crippen LogP contribution in [-0.2, 0) is 9.84 Å². The highest BCUT2D eigenvalue weighted by Crippen LogP contribution is 2.39. The standard InChI is InChI=1S/C22H23N3O3S/c1-15(16-10-12-19(13-11-16)29(2,27)28)23-22(26)21-14-20(17-8-9-17)24-25(21)18-6-4-3-5-7-18/h3-7,10-15,17H,8-9H2,1-2H3,(H,23,26)/t15-/m1/s1. The summed E-state index contributed by atoms with van der Waals surface area (Å²) in [5.41, 5.74) is 3.12. The fourth-order valence-electron chi connectivity index (χ4n) is 3.26. The molecule has 1 aliphatic carbocycles. The van der Waals surface area contributed by atoms with Gasteiger partial charge < -0.3 is 5.32 Å². The number of aromatic nitrogens is 2. The molecule has 1 amide bonds. The van der Waals surface area contributed by atoms with Crippen LogP contribution in [0.4, 0.5) is 0 Å². The molecule has 3 aromatic rings. The maximum Gasteiger partial charge on any atom is 0.270 e. The largest absolute Gasteiger partial charge is 0.344 e. The van der Waals surface area contributed by atoms with E-state index in [-0.39, 0.29) is 16.8 Å². The minimum Gasteiger partial charge on any atom is -0.344 e. The van der Waals surface area contributed by atoms with Crippen molar-refractivity contribution < 1.29 is 13.2 Å². The zero-order valence-corrected chi connectivity index (χ0v) is 17.2. The van der Waals surface area contributed by atoms with Crippen LogP contribution in [0.1, 0.15) is 53.5 Å². The van der Waals surface area contributed by atoms with E-state index in [4.69, 9.17) is 0 Å².